The van der Waals surface area contributed by atoms with Gasteiger partial charge in [0, 0.05) is 19.3 Å². The summed E-state index contributed by atoms with van der Waals surface area (Å²) in [5.41, 5.74) is 0. The van der Waals surface area contributed by atoms with Gasteiger partial charge in [0.15, 0.2) is 6.10 Å². The predicted molar refractivity (Wildman–Crippen MR) is 312 cm³/mol. The molecule has 0 aliphatic heterocycles. The van der Waals surface area contributed by atoms with Gasteiger partial charge in [-0.05, 0) is 51.4 Å². The standard InChI is InChI=1S/C66H124O6/c1-4-7-10-13-16-19-22-25-27-28-29-30-31-32-33-34-35-36-37-38-40-41-44-47-50-53-56-59-65(68)71-62-63(61-70-64(67)58-55-52-49-46-43-24-21-18-15-12-9-6-3)72-66(69)60-57-54-51-48-45-42-39-26-23-20-17-14-11-8-5-2/h17,20,26,39,63H,4-16,18-19,21-25,27-38,40-62H2,1-3H3/b20-17-,39-26-. The van der Waals surface area contributed by atoms with Crippen LogP contribution < -0.4 is 0 Å². The minimum absolute atomic E-state index is 0.0713. The van der Waals surface area contributed by atoms with Crippen molar-refractivity contribution in [3.63, 3.8) is 0 Å². The third-order valence-electron chi connectivity index (χ3n) is 14.7. The van der Waals surface area contributed by atoms with Crippen LogP contribution >= 0.6 is 0 Å². The molecule has 0 fully saturated rings. The van der Waals surface area contributed by atoms with E-state index >= 15 is 0 Å². The van der Waals surface area contributed by atoms with Gasteiger partial charge in [0.1, 0.15) is 13.2 Å². The number of hydrogen-bond donors (Lipinski definition) is 0. The maximum atomic E-state index is 12.9. The molecule has 0 aliphatic carbocycles. The zero-order chi connectivity index (χ0) is 52.2. The highest BCUT2D eigenvalue weighted by molar-refractivity contribution is 5.71. The number of carbonyl (C=O) groups excluding carboxylic acids is 3. The van der Waals surface area contributed by atoms with Gasteiger partial charge in [-0.1, -0.05) is 315 Å². The van der Waals surface area contributed by atoms with E-state index in [9.17, 15) is 14.4 Å². The van der Waals surface area contributed by atoms with Crippen LogP contribution in [0.15, 0.2) is 24.3 Å². The smallest absolute Gasteiger partial charge is 0.306 e. The largest absolute Gasteiger partial charge is 0.462 e. The van der Waals surface area contributed by atoms with E-state index in [0.717, 1.165) is 77.0 Å². The first-order chi connectivity index (χ1) is 35.5. The minimum atomic E-state index is -0.774. The Morgan fingerprint density at radius 1 is 0.278 bits per heavy atom. The highest BCUT2D eigenvalue weighted by Crippen LogP contribution is 2.18. The van der Waals surface area contributed by atoms with Gasteiger partial charge < -0.3 is 14.2 Å². The highest BCUT2D eigenvalue weighted by Gasteiger charge is 2.19. The van der Waals surface area contributed by atoms with Gasteiger partial charge in [-0.25, -0.2) is 0 Å². The van der Waals surface area contributed by atoms with Crippen molar-refractivity contribution < 1.29 is 28.6 Å². The topological polar surface area (TPSA) is 78.9 Å². The molecule has 0 amide bonds. The number of allylic oxidation sites excluding steroid dienone is 4. The van der Waals surface area contributed by atoms with Gasteiger partial charge in [-0.15, -0.1) is 0 Å². The quantitative estimate of drug-likeness (QED) is 0.0261. The van der Waals surface area contributed by atoms with Crippen LogP contribution in [0, 0.1) is 0 Å². The molecule has 0 radical (unpaired) electrons. The van der Waals surface area contributed by atoms with E-state index in [-0.39, 0.29) is 31.1 Å². The third kappa shape index (κ3) is 58.8. The normalized spacial score (nSPS) is 12.1. The molecule has 0 aromatic heterocycles. The Kier molecular flexibility index (Phi) is 59.6. The second-order valence-electron chi connectivity index (χ2n) is 22.0. The van der Waals surface area contributed by atoms with Crippen molar-refractivity contribution in [1.29, 1.82) is 0 Å². The van der Waals surface area contributed by atoms with Crippen molar-refractivity contribution in [3.05, 3.63) is 24.3 Å². The summed E-state index contributed by atoms with van der Waals surface area (Å²) in [6.07, 6.45) is 73.4. The van der Waals surface area contributed by atoms with E-state index in [1.807, 2.05) is 0 Å². The molecule has 6 heteroatoms. The van der Waals surface area contributed by atoms with Crippen LogP contribution in [0.2, 0.25) is 0 Å². The van der Waals surface area contributed by atoms with Gasteiger partial charge in [0.25, 0.3) is 0 Å². The van der Waals surface area contributed by atoms with Crippen molar-refractivity contribution >= 4 is 17.9 Å². The lowest BCUT2D eigenvalue weighted by Crippen LogP contribution is -2.30. The summed E-state index contributed by atoms with van der Waals surface area (Å²) in [6.45, 7) is 6.66. The SMILES string of the molecule is CCCCC/C=C\C/C=C\CCCCCCCC(=O)OC(COC(=O)CCCCCCCCCCCCCC)COC(=O)CCCCCCCCCCCCCCCCCCCCCCCCCCCCC. The molecule has 0 rings (SSSR count). The monoisotopic (exact) mass is 1010 g/mol. The number of esters is 3. The fraction of sp³-hybridized carbons (Fsp3) is 0.894. The summed E-state index contributed by atoms with van der Waals surface area (Å²) in [5, 5.41) is 0. The molecular weight excluding hydrogens is 889 g/mol. The predicted octanol–water partition coefficient (Wildman–Crippen LogP) is 21.8. The molecule has 0 N–H and O–H groups in total. The van der Waals surface area contributed by atoms with Gasteiger partial charge in [-0.3, -0.25) is 14.4 Å². The lowest BCUT2D eigenvalue weighted by molar-refractivity contribution is -0.167. The molecule has 0 heterocycles. The molecule has 0 aromatic rings. The summed E-state index contributed by atoms with van der Waals surface area (Å²) in [5.74, 6) is -0.861. The number of carbonyl (C=O) groups is 3. The van der Waals surface area contributed by atoms with Gasteiger partial charge >= 0.3 is 17.9 Å². The van der Waals surface area contributed by atoms with E-state index < -0.39 is 6.10 Å². The molecule has 6 nitrogen and oxygen atoms in total. The van der Waals surface area contributed by atoms with Crippen LogP contribution in [-0.4, -0.2) is 37.2 Å². The molecule has 1 unspecified atom stereocenters. The summed E-state index contributed by atoms with van der Waals surface area (Å²) in [4.78, 5) is 38.2. The maximum Gasteiger partial charge on any atom is 0.306 e. The van der Waals surface area contributed by atoms with E-state index in [2.05, 4.69) is 45.1 Å². The van der Waals surface area contributed by atoms with Crippen molar-refractivity contribution in [2.75, 3.05) is 13.2 Å². The van der Waals surface area contributed by atoms with Gasteiger partial charge in [-0.2, -0.15) is 0 Å². The van der Waals surface area contributed by atoms with Crippen molar-refractivity contribution in [1.82, 2.24) is 0 Å². The number of rotatable bonds is 60. The molecule has 0 spiro atoms. The van der Waals surface area contributed by atoms with E-state index in [0.29, 0.717) is 19.3 Å². The fourth-order valence-corrected chi connectivity index (χ4v) is 9.83. The molecule has 0 saturated heterocycles. The number of ether oxygens (including phenoxy) is 3. The van der Waals surface area contributed by atoms with E-state index in [4.69, 9.17) is 14.2 Å². The Labute approximate surface area is 449 Å². The first-order valence-corrected chi connectivity index (χ1v) is 32.3. The maximum absolute atomic E-state index is 12.9. The summed E-state index contributed by atoms with van der Waals surface area (Å²) in [6, 6.07) is 0. The van der Waals surface area contributed by atoms with Gasteiger partial charge in [0.2, 0.25) is 0 Å². The van der Waals surface area contributed by atoms with Crippen LogP contribution in [0.1, 0.15) is 361 Å². The third-order valence-corrected chi connectivity index (χ3v) is 14.7. The Morgan fingerprint density at radius 3 is 0.792 bits per heavy atom. The van der Waals surface area contributed by atoms with Crippen LogP contribution in [0.25, 0.3) is 0 Å². The van der Waals surface area contributed by atoms with Crippen molar-refractivity contribution in [2.24, 2.45) is 0 Å². The second kappa shape index (κ2) is 61.4. The molecule has 0 aromatic carbocycles. The van der Waals surface area contributed by atoms with Crippen LogP contribution in [0.3, 0.4) is 0 Å². The number of hydrogen-bond acceptors (Lipinski definition) is 6. The van der Waals surface area contributed by atoms with Gasteiger partial charge in [0.05, 0.1) is 0 Å². The zero-order valence-electron chi connectivity index (χ0n) is 48.7. The molecule has 1 atom stereocenters. The van der Waals surface area contributed by atoms with Crippen LogP contribution in [-0.2, 0) is 28.6 Å². The first kappa shape index (κ1) is 69.9. The molecule has 0 saturated carbocycles. The fourth-order valence-electron chi connectivity index (χ4n) is 9.83. The minimum Gasteiger partial charge on any atom is -0.462 e. The lowest BCUT2D eigenvalue weighted by atomic mass is 10.0. The molecular formula is C66H124O6. The average molecular weight is 1010 g/mol. The van der Waals surface area contributed by atoms with Crippen LogP contribution in [0.5, 0.6) is 0 Å². The zero-order valence-corrected chi connectivity index (χ0v) is 48.7. The van der Waals surface area contributed by atoms with E-state index in [1.54, 1.807) is 0 Å². The Hall–Kier alpha value is -2.11. The van der Waals surface area contributed by atoms with Crippen molar-refractivity contribution in [3.8, 4) is 0 Å². The average Bonchev–Trinajstić information content (AvgIpc) is 3.38. The Balaban J connectivity index is 4.16. The molecule has 0 bridgehead atoms. The first-order valence-electron chi connectivity index (χ1n) is 32.3. The molecule has 424 valence electrons. The Bertz CT molecular complexity index is 1160. The summed E-state index contributed by atoms with van der Waals surface area (Å²) < 4.78 is 16.9. The lowest BCUT2D eigenvalue weighted by Gasteiger charge is -2.18. The second-order valence-corrected chi connectivity index (χ2v) is 22.0. The summed E-state index contributed by atoms with van der Waals surface area (Å²) >= 11 is 0. The van der Waals surface area contributed by atoms with Crippen LogP contribution in [0.4, 0.5) is 0 Å². The van der Waals surface area contributed by atoms with Crippen molar-refractivity contribution in [2.45, 2.75) is 367 Å². The summed E-state index contributed by atoms with van der Waals surface area (Å²) in [7, 11) is 0. The highest BCUT2D eigenvalue weighted by atomic mass is 16.6. The van der Waals surface area contributed by atoms with E-state index in [1.165, 1.54) is 244 Å². The number of unbranched alkanes of at least 4 members (excludes halogenated alkanes) is 45. The molecule has 72 heavy (non-hydrogen) atoms. The Morgan fingerprint density at radius 2 is 0.500 bits per heavy atom. The molecule has 0 aliphatic rings.